The summed E-state index contributed by atoms with van der Waals surface area (Å²) in [7, 11) is 0. The van der Waals surface area contributed by atoms with E-state index >= 15 is 0 Å². The third-order valence-electron chi connectivity index (χ3n) is 2.38. The number of ether oxygens (including phenoxy) is 1. The average molecular weight is 386 g/mol. The van der Waals surface area contributed by atoms with Crippen LogP contribution in [0.5, 0.6) is 11.5 Å². The predicted molar refractivity (Wildman–Crippen MR) is 77.4 cm³/mol. The Morgan fingerprint density at radius 1 is 1.21 bits per heavy atom. The van der Waals surface area contributed by atoms with Gasteiger partial charge in [0, 0.05) is 0 Å². The number of nitrogens with zero attached hydrogens (tertiary/aromatic N) is 1. The van der Waals surface area contributed by atoms with Gasteiger partial charge in [-0.25, -0.2) is 4.39 Å². The molecule has 0 atom stereocenters. The van der Waals surface area contributed by atoms with Gasteiger partial charge in [0.2, 0.25) is 0 Å². The monoisotopic (exact) mass is 384 g/mol. The van der Waals surface area contributed by atoms with Crippen LogP contribution in [-0.4, -0.2) is 0 Å². The zero-order valence-corrected chi connectivity index (χ0v) is 12.6. The molecule has 0 aliphatic heterocycles. The molecule has 0 aromatic heterocycles. The second-order valence-electron chi connectivity index (χ2n) is 3.61. The number of hydrogen-bond acceptors (Lipinski definition) is 3. The fourth-order valence-electron chi connectivity index (χ4n) is 1.44. The van der Waals surface area contributed by atoms with E-state index in [0.717, 1.165) is 0 Å². The molecule has 0 amide bonds. The molecule has 2 N–H and O–H groups in total. The molecule has 2 aromatic carbocycles. The van der Waals surface area contributed by atoms with Crippen LogP contribution in [0, 0.1) is 17.1 Å². The van der Waals surface area contributed by atoms with E-state index in [1.165, 1.54) is 12.1 Å². The van der Waals surface area contributed by atoms with Crippen molar-refractivity contribution < 1.29 is 9.13 Å². The Bertz CT molecular complexity index is 663. The minimum Gasteiger partial charge on any atom is -0.451 e. The van der Waals surface area contributed by atoms with Gasteiger partial charge in [0.1, 0.15) is 6.07 Å². The molecule has 2 rings (SSSR count). The summed E-state index contributed by atoms with van der Waals surface area (Å²) in [6.45, 7) is 0. The third-order valence-corrected chi connectivity index (χ3v) is 3.78. The first kappa shape index (κ1) is 13.8. The Balaban J connectivity index is 2.46. The standard InChI is InChI=1S/C13H7Br2FN2O/c14-8-2-1-3-9(18)13(8)19-10-5-4-7(6-17)11(15)12(10)16/h1-5H,18H2. The highest BCUT2D eigenvalue weighted by molar-refractivity contribution is 9.10. The number of anilines is 1. The fraction of sp³-hybridized carbons (Fsp3) is 0. The van der Waals surface area contributed by atoms with E-state index in [9.17, 15) is 4.39 Å². The largest absolute Gasteiger partial charge is 0.451 e. The first-order valence-corrected chi connectivity index (χ1v) is 6.73. The number of nitriles is 1. The molecule has 2 aromatic rings. The Hall–Kier alpha value is -1.58. The van der Waals surface area contributed by atoms with Crippen molar-refractivity contribution in [2.75, 3.05) is 5.73 Å². The molecule has 19 heavy (non-hydrogen) atoms. The van der Waals surface area contributed by atoms with Gasteiger partial charge < -0.3 is 10.5 Å². The lowest BCUT2D eigenvalue weighted by atomic mass is 10.2. The number of hydrogen-bond donors (Lipinski definition) is 1. The van der Waals surface area contributed by atoms with Crippen molar-refractivity contribution in [2.45, 2.75) is 0 Å². The number of halogens is 3. The summed E-state index contributed by atoms with van der Waals surface area (Å²) in [5.41, 5.74) is 6.35. The van der Waals surface area contributed by atoms with E-state index in [-0.39, 0.29) is 15.8 Å². The Morgan fingerprint density at radius 2 is 1.95 bits per heavy atom. The molecule has 0 bridgehead atoms. The van der Waals surface area contributed by atoms with Crippen LogP contribution < -0.4 is 10.5 Å². The summed E-state index contributed by atoms with van der Waals surface area (Å²) in [6.07, 6.45) is 0. The van der Waals surface area contributed by atoms with Crippen LogP contribution in [0.3, 0.4) is 0 Å². The third kappa shape index (κ3) is 2.72. The molecule has 0 radical (unpaired) electrons. The summed E-state index contributed by atoms with van der Waals surface area (Å²) >= 11 is 6.31. The van der Waals surface area contributed by atoms with Gasteiger partial charge in [-0.2, -0.15) is 5.26 Å². The van der Waals surface area contributed by atoms with Crippen LogP contribution in [0.15, 0.2) is 39.3 Å². The van der Waals surface area contributed by atoms with Crippen molar-refractivity contribution in [3.05, 3.63) is 50.7 Å². The van der Waals surface area contributed by atoms with Gasteiger partial charge in [-0.05, 0) is 56.1 Å². The molecule has 0 aliphatic rings. The number of benzene rings is 2. The minimum absolute atomic E-state index is 0.00975. The van der Waals surface area contributed by atoms with Crippen LogP contribution in [0.2, 0.25) is 0 Å². The van der Waals surface area contributed by atoms with Gasteiger partial charge >= 0.3 is 0 Å². The molecular weight excluding hydrogens is 379 g/mol. The quantitative estimate of drug-likeness (QED) is 0.768. The van der Waals surface area contributed by atoms with Crippen molar-refractivity contribution in [1.82, 2.24) is 0 Å². The van der Waals surface area contributed by atoms with E-state index in [2.05, 4.69) is 31.9 Å². The van der Waals surface area contributed by atoms with Crippen LogP contribution >= 0.6 is 31.9 Å². The fourth-order valence-corrected chi connectivity index (χ4v) is 2.32. The summed E-state index contributed by atoms with van der Waals surface area (Å²) in [5.74, 6) is -0.323. The van der Waals surface area contributed by atoms with Crippen LogP contribution in [-0.2, 0) is 0 Å². The molecule has 0 saturated carbocycles. The number of nitrogen functional groups attached to an aromatic ring is 1. The SMILES string of the molecule is N#Cc1ccc(Oc2c(N)cccc2Br)c(F)c1Br. The van der Waals surface area contributed by atoms with Crippen LogP contribution in [0.1, 0.15) is 5.56 Å². The van der Waals surface area contributed by atoms with Crippen molar-refractivity contribution in [2.24, 2.45) is 0 Å². The Labute approximate surface area is 126 Å². The highest BCUT2D eigenvalue weighted by atomic mass is 79.9. The van der Waals surface area contributed by atoms with Crippen LogP contribution in [0.25, 0.3) is 0 Å². The van der Waals surface area contributed by atoms with E-state index in [4.69, 9.17) is 15.7 Å². The van der Waals surface area contributed by atoms with Crippen molar-refractivity contribution in [3.8, 4) is 17.6 Å². The second kappa shape index (κ2) is 5.59. The van der Waals surface area contributed by atoms with E-state index < -0.39 is 5.82 Å². The molecule has 0 spiro atoms. The summed E-state index contributed by atoms with van der Waals surface area (Å²) in [5, 5.41) is 8.80. The first-order valence-electron chi connectivity index (χ1n) is 5.14. The molecule has 0 saturated heterocycles. The smallest absolute Gasteiger partial charge is 0.181 e. The Morgan fingerprint density at radius 3 is 2.58 bits per heavy atom. The minimum atomic E-state index is -0.644. The van der Waals surface area contributed by atoms with Gasteiger partial charge in [-0.15, -0.1) is 0 Å². The van der Waals surface area contributed by atoms with Gasteiger partial charge in [-0.3, -0.25) is 0 Å². The maximum atomic E-state index is 14.0. The summed E-state index contributed by atoms with van der Waals surface area (Å²) in [6, 6.07) is 9.86. The Kier molecular flexibility index (Phi) is 4.08. The highest BCUT2D eigenvalue weighted by Crippen LogP contribution is 2.37. The van der Waals surface area contributed by atoms with E-state index in [0.29, 0.717) is 15.9 Å². The van der Waals surface area contributed by atoms with Crippen molar-refractivity contribution in [3.63, 3.8) is 0 Å². The summed E-state index contributed by atoms with van der Waals surface area (Å²) < 4.78 is 20.2. The van der Waals surface area contributed by atoms with Gasteiger partial charge in [0.25, 0.3) is 0 Å². The van der Waals surface area contributed by atoms with Gasteiger partial charge in [-0.1, -0.05) is 6.07 Å². The molecule has 0 aliphatic carbocycles. The van der Waals surface area contributed by atoms with E-state index in [1.54, 1.807) is 18.2 Å². The second-order valence-corrected chi connectivity index (χ2v) is 5.26. The maximum absolute atomic E-state index is 14.0. The molecule has 0 unspecified atom stereocenters. The zero-order chi connectivity index (χ0) is 14.0. The normalized spacial score (nSPS) is 10.0. The highest BCUT2D eigenvalue weighted by Gasteiger charge is 2.15. The summed E-state index contributed by atoms with van der Waals surface area (Å²) in [4.78, 5) is 0. The average Bonchev–Trinajstić information content (AvgIpc) is 2.39. The zero-order valence-electron chi connectivity index (χ0n) is 9.45. The van der Waals surface area contributed by atoms with Gasteiger partial charge in [0.05, 0.1) is 20.2 Å². The van der Waals surface area contributed by atoms with Gasteiger partial charge in [0.15, 0.2) is 17.3 Å². The predicted octanol–water partition coefficient (Wildman–Crippen LogP) is 4.60. The molecular formula is C13H7Br2FN2O. The maximum Gasteiger partial charge on any atom is 0.181 e. The molecule has 6 heteroatoms. The van der Waals surface area contributed by atoms with Crippen molar-refractivity contribution in [1.29, 1.82) is 5.26 Å². The molecule has 0 fully saturated rings. The first-order chi connectivity index (χ1) is 9.04. The lowest BCUT2D eigenvalue weighted by Gasteiger charge is -2.11. The lowest BCUT2D eigenvalue weighted by molar-refractivity contribution is 0.440. The lowest BCUT2D eigenvalue weighted by Crippen LogP contribution is -1.96. The van der Waals surface area contributed by atoms with E-state index in [1.807, 2.05) is 6.07 Å². The van der Waals surface area contributed by atoms with Crippen molar-refractivity contribution >= 4 is 37.5 Å². The number of rotatable bonds is 2. The number of para-hydroxylation sites is 1. The number of nitrogens with two attached hydrogens (primary N) is 1. The molecule has 0 heterocycles. The topological polar surface area (TPSA) is 59.0 Å². The molecule has 96 valence electrons. The molecule has 3 nitrogen and oxygen atoms in total. The van der Waals surface area contributed by atoms with Crippen LogP contribution in [0.4, 0.5) is 10.1 Å².